The quantitative estimate of drug-likeness (QED) is 0.287. The van der Waals surface area contributed by atoms with E-state index >= 15 is 0 Å². The summed E-state index contributed by atoms with van der Waals surface area (Å²) in [6.45, 7) is -0.431. The lowest BCUT2D eigenvalue weighted by molar-refractivity contribution is -0.0511. The number of nitrogens with two attached hydrogens (primary N) is 1. The van der Waals surface area contributed by atoms with Crippen molar-refractivity contribution in [1.82, 2.24) is 19.5 Å². The van der Waals surface area contributed by atoms with Crippen LogP contribution in [0.5, 0.6) is 0 Å². The minimum absolute atomic E-state index is 0.118. The number of aromatic nitrogens is 4. The number of nitrogen functional groups attached to an aromatic ring is 1. The van der Waals surface area contributed by atoms with Gasteiger partial charge in [-0.05, 0) is 5.56 Å². The first-order valence-corrected chi connectivity index (χ1v) is 8.55. The summed E-state index contributed by atoms with van der Waals surface area (Å²) in [7, 11) is 0. The number of ether oxygens (including phenoxy) is 1. The Morgan fingerprint density at radius 1 is 1.21 bits per heavy atom. The molecule has 3 aromatic rings. The van der Waals surface area contributed by atoms with Gasteiger partial charge in [-0.2, -0.15) is 15.1 Å². The molecule has 1 saturated heterocycles. The van der Waals surface area contributed by atoms with Gasteiger partial charge in [0.1, 0.15) is 23.8 Å². The SMILES string of the molecule is Nc1nc(N/N=C/c2ccccc2)nc2c1ncn2[C@@H]1O[C@H](CO)C(O)[C@@H]1O. The molecule has 1 aliphatic heterocycles. The van der Waals surface area contributed by atoms with Gasteiger partial charge >= 0.3 is 0 Å². The van der Waals surface area contributed by atoms with E-state index in [0.717, 1.165) is 5.56 Å². The van der Waals surface area contributed by atoms with Gasteiger partial charge in [0.05, 0.1) is 19.1 Å². The summed E-state index contributed by atoms with van der Waals surface area (Å²) in [6.07, 6.45) is -1.41. The molecular weight excluding hydrogens is 366 g/mol. The first-order chi connectivity index (χ1) is 13.6. The lowest BCUT2D eigenvalue weighted by Crippen LogP contribution is -2.33. The number of benzene rings is 1. The van der Waals surface area contributed by atoms with E-state index in [1.54, 1.807) is 6.21 Å². The van der Waals surface area contributed by atoms with Crippen molar-refractivity contribution < 1.29 is 20.1 Å². The van der Waals surface area contributed by atoms with Crippen molar-refractivity contribution in [3.63, 3.8) is 0 Å². The lowest BCUT2D eigenvalue weighted by Gasteiger charge is -2.16. The molecule has 1 unspecified atom stereocenters. The van der Waals surface area contributed by atoms with Crippen LogP contribution in [0.4, 0.5) is 11.8 Å². The van der Waals surface area contributed by atoms with Crippen LogP contribution < -0.4 is 11.2 Å². The monoisotopic (exact) mass is 385 g/mol. The summed E-state index contributed by atoms with van der Waals surface area (Å²) in [5, 5.41) is 33.6. The molecule has 0 spiro atoms. The van der Waals surface area contributed by atoms with Gasteiger partial charge < -0.3 is 25.8 Å². The molecule has 1 aliphatic rings. The normalized spacial score (nSPS) is 25.0. The van der Waals surface area contributed by atoms with E-state index in [1.807, 2.05) is 30.3 Å². The molecule has 0 radical (unpaired) electrons. The molecule has 28 heavy (non-hydrogen) atoms. The molecule has 0 saturated carbocycles. The number of hydrogen-bond acceptors (Lipinski definition) is 10. The fraction of sp³-hybridized carbons (Fsp3) is 0.294. The first kappa shape index (κ1) is 18.3. The molecule has 0 bridgehead atoms. The van der Waals surface area contributed by atoms with Crippen LogP contribution in [-0.2, 0) is 4.74 Å². The van der Waals surface area contributed by atoms with Crippen molar-refractivity contribution in [3.05, 3.63) is 42.2 Å². The van der Waals surface area contributed by atoms with E-state index in [1.165, 1.54) is 10.9 Å². The second-order valence-corrected chi connectivity index (χ2v) is 6.27. The molecule has 4 atom stereocenters. The molecule has 6 N–H and O–H groups in total. The first-order valence-electron chi connectivity index (χ1n) is 8.55. The average molecular weight is 385 g/mol. The van der Waals surface area contributed by atoms with Crippen molar-refractivity contribution in [3.8, 4) is 0 Å². The van der Waals surface area contributed by atoms with Gasteiger partial charge in [0.15, 0.2) is 17.7 Å². The zero-order valence-corrected chi connectivity index (χ0v) is 14.6. The molecule has 2 aromatic heterocycles. The fourth-order valence-electron chi connectivity index (χ4n) is 2.99. The Labute approximate surface area is 159 Å². The number of nitrogens with one attached hydrogen (secondary N) is 1. The predicted molar refractivity (Wildman–Crippen MR) is 100 cm³/mol. The highest BCUT2D eigenvalue weighted by Crippen LogP contribution is 2.32. The lowest BCUT2D eigenvalue weighted by atomic mass is 10.1. The molecule has 0 amide bonds. The number of fused-ring (bicyclic) bond motifs is 1. The van der Waals surface area contributed by atoms with E-state index < -0.39 is 31.1 Å². The average Bonchev–Trinajstić information content (AvgIpc) is 3.24. The highest BCUT2D eigenvalue weighted by Gasteiger charge is 2.44. The van der Waals surface area contributed by atoms with Gasteiger partial charge in [-0.3, -0.25) is 4.57 Å². The molecule has 11 nitrogen and oxygen atoms in total. The maximum atomic E-state index is 10.2. The van der Waals surface area contributed by atoms with E-state index in [-0.39, 0.29) is 11.8 Å². The van der Waals surface area contributed by atoms with Crippen molar-refractivity contribution in [2.24, 2.45) is 5.10 Å². The number of nitrogens with zero attached hydrogens (tertiary/aromatic N) is 5. The van der Waals surface area contributed by atoms with Crippen molar-refractivity contribution in [2.75, 3.05) is 17.8 Å². The van der Waals surface area contributed by atoms with Gasteiger partial charge in [-0.15, -0.1) is 0 Å². The van der Waals surface area contributed by atoms with Crippen LogP contribution in [0.15, 0.2) is 41.8 Å². The molecule has 1 aromatic carbocycles. The number of hydrazone groups is 1. The van der Waals surface area contributed by atoms with E-state index in [4.69, 9.17) is 10.5 Å². The van der Waals surface area contributed by atoms with E-state index in [0.29, 0.717) is 11.2 Å². The number of aliphatic hydroxyl groups is 3. The number of anilines is 2. The Hall–Kier alpha value is -3.12. The summed E-state index contributed by atoms with van der Waals surface area (Å²) in [4.78, 5) is 12.6. The Bertz CT molecular complexity index is 994. The summed E-state index contributed by atoms with van der Waals surface area (Å²) < 4.78 is 6.96. The molecule has 1 fully saturated rings. The number of hydrogen-bond donors (Lipinski definition) is 5. The molecule has 3 heterocycles. The Kier molecular flexibility index (Phi) is 4.88. The van der Waals surface area contributed by atoms with Crippen LogP contribution in [0, 0.1) is 0 Å². The summed E-state index contributed by atoms with van der Waals surface area (Å²) >= 11 is 0. The highest BCUT2D eigenvalue weighted by molar-refractivity contribution is 5.83. The van der Waals surface area contributed by atoms with Crippen LogP contribution in [0.25, 0.3) is 11.2 Å². The Morgan fingerprint density at radius 3 is 2.71 bits per heavy atom. The van der Waals surface area contributed by atoms with Crippen LogP contribution in [0.2, 0.25) is 0 Å². The summed E-state index contributed by atoms with van der Waals surface area (Å²) in [6, 6.07) is 9.46. The Balaban J connectivity index is 1.63. The van der Waals surface area contributed by atoms with E-state index in [2.05, 4.69) is 25.5 Å². The summed E-state index contributed by atoms with van der Waals surface area (Å²) in [5.41, 5.74) is 10.2. The minimum Gasteiger partial charge on any atom is -0.394 e. The van der Waals surface area contributed by atoms with Gasteiger partial charge in [0.2, 0.25) is 5.95 Å². The maximum absolute atomic E-state index is 10.2. The largest absolute Gasteiger partial charge is 0.394 e. The third-order valence-corrected chi connectivity index (χ3v) is 4.42. The zero-order chi connectivity index (χ0) is 19.7. The standard InChI is InChI=1S/C17H19N7O4/c18-14-11-15(22-17(21-14)23-20-6-9-4-2-1-3-5-9)24(8-19-11)16-13(27)12(26)10(7-25)28-16/h1-6,8,10,12-13,16,25-27H,7H2,(H3,18,21,22,23)/b20-6+/t10-,12?,13+,16-/m1/s1. The number of imidazole rings is 1. The molecule has 0 aliphatic carbocycles. The highest BCUT2D eigenvalue weighted by atomic mass is 16.6. The van der Waals surface area contributed by atoms with E-state index in [9.17, 15) is 15.3 Å². The summed E-state index contributed by atoms with van der Waals surface area (Å²) in [5.74, 6) is 0.249. The van der Waals surface area contributed by atoms with Crippen molar-refractivity contribution >= 4 is 29.1 Å². The van der Waals surface area contributed by atoms with Gasteiger partial charge in [0.25, 0.3) is 0 Å². The molecular formula is C17H19N7O4. The smallest absolute Gasteiger partial charge is 0.247 e. The minimum atomic E-state index is -1.27. The van der Waals surface area contributed by atoms with Crippen LogP contribution in [-0.4, -0.2) is 66.0 Å². The molecule has 4 rings (SSSR count). The van der Waals surface area contributed by atoms with Crippen molar-refractivity contribution in [2.45, 2.75) is 24.5 Å². The topological polar surface area (TPSA) is 164 Å². The van der Waals surface area contributed by atoms with Gasteiger partial charge in [0, 0.05) is 0 Å². The van der Waals surface area contributed by atoms with Crippen molar-refractivity contribution in [1.29, 1.82) is 0 Å². The number of aliphatic hydroxyl groups excluding tert-OH is 3. The van der Waals surface area contributed by atoms with Gasteiger partial charge in [-0.25, -0.2) is 10.4 Å². The van der Waals surface area contributed by atoms with Crippen LogP contribution in [0.3, 0.4) is 0 Å². The fourth-order valence-corrected chi connectivity index (χ4v) is 2.99. The van der Waals surface area contributed by atoms with Gasteiger partial charge in [-0.1, -0.05) is 30.3 Å². The third kappa shape index (κ3) is 3.27. The zero-order valence-electron chi connectivity index (χ0n) is 14.6. The Morgan fingerprint density at radius 2 is 2.00 bits per heavy atom. The molecule has 146 valence electrons. The maximum Gasteiger partial charge on any atom is 0.247 e. The second-order valence-electron chi connectivity index (χ2n) is 6.27. The predicted octanol–water partition coefficient (Wildman–Crippen LogP) is -0.534. The number of rotatable bonds is 5. The third-order valence-electron chi connectivity index (χ3n) is 4.42. The molecule has 11 heteroatoms. The van der Waals surface area contributed by atoms with Crippen LogP contribution in [0.1, 0.15) is 11.8 Å². The second kappa shape index (κ2) is 7.48. The van der Waals surface area contributed by atoms with Crippen LogP contribution >= 0.6 is 0 Å².